The fraction of sp³-hybridized carbons (Fsp3) is 0.258. The minimum absolute atomic E-state index is 0.113. The van der Waals surface area contributed by atoms with E-state index in [0.29, 0.717) is 36.4 Å². The maximum absolute atomic E-state index is 15.0. The van der Waals surface area contributed by atoms with Crippen molar-refractivity contribution >= 4 is 46.1 Å². The van der Waals surface area contributed by atoms with E-state index in [4.69, 9.17) is 16.6 Å². The third-order valence-corrected chi connectivity index (χ3v) is 7.76. The van der Waals surface area contributed by atoms with Crippen LogP contribution in [0.4, 0.5) is 20.7 Å². The molecule has 1 fully saturated rings. The van der Waals surface area contributed by atoms with Gasteiger partial charge in [0.1, 0.15) is 11.6 Å². The van der Waals surface area contributed by atoms with Crippen LogP contribution in [0.3, 0.4) is 0 Å². The van der Waals surface area contributed by atoms with Crippen LogP contribution < -0.4 is 15.9 Å². The number of anilines is 2. The van der Waals surface area contributed by atoms with Gasteiger partial charge in [0.25, 0.3) is 0 Å². The van der Waals surface area contributed by atoms with Crippen LogP contribution >= 0.6 is 11.6 Å². The van der Waals surface area contributed by atoms with Crippen LogP contribution in [0.2, 0.25) is 5.02 Å². The third kappa shape index (κ3) is 5.55. The summed E-state index contributed by atoms with van der Waals surface area (Å²) in [5.74, 6) is -0.561. The Morgan fingerprint density at radius 3 is 2.56 bits per heavy atom. The SMILES string of the molecule is C=CC(=O)N1CCN(c2nc(=O)n(-c3c(NC(=O)O)cccc3C(C)C)c3nc(-c4ccccc4F)c(Cl)cc23)[C@@H](C)C1. The van der Waals surface area contributed by atoms with E-state index in [-0.39, 0.29) is 51.2 Å². The van der Waals surface area contributed by atoms with Crippen LogP contribution in [-0.4, -0.2) is 62.2 Å². The monoisotopic (exact) mass is 604 g/mol. The lowest BCUT2D eigenvalue weighted by molar-refractivity contribution is -0.126. The number of pyridine rings is 1. The molecule has 3 heterocycles. The predicted molar refractivity (Wildman–Crippen MR) is 165 cm³/mol. The van der Waals surface area contributed by atoms with Crippen molar-refractivity contribution in [2.24, 2.45) is 0 Å². The first-order valence-electron chi connectivity index (χ1n) is 13.7. The number of piperazine rings is 1. The quantitative estimate of drug-likeness (QED) is 0.272. The lowest BCUT2D eigenvalue weighted by Crippen LogP contribution is -2.54. The standard InChI is InChI=1S/C31H30ClFN6O4/c1-5-25(40)37-13-14-38(18(4)16-37)28-21-15-22(32)26(20-9-6-7-11-23(20)33)35-29(21)39(30(41)36-28)27-19(17(2)3)10-8-12-24(27)34-31(42)43/h5-12,15,17-18,34H,1,13-14,16H2,2-4H3,(H,42,43)/t18-/m0/s1. The summed E-state index contributed by atoms with van der Waals surface area (Å²) in [6, 6.07) is 12.4. The van der Waals surface area contributed by atoms with Gasteiger partial charge in [-0.1, -0.05) is 56.3 Å². The topological polar surface area (TPSA) is 121 Å². The second-order valence-electron chi connectivity index (χ2n) is 10.6. The smallest absolute Gasteiger partial charge is 0.409 e. The highest BCUT2D eigenvalue weighted by molar-refractivity contribution is 6.33. The molecule has 2 N–H and O–H groups in total. The second-order valence-corrected chi connectivity index (χ2v) is 11.0. The molecule has 0 radical (unpaired) electrons. The molecule has 0 spiro atoms. The molecule has 222 valence electrons. The van der Waals surface area contributed by atoms with Gasteiger partial charge in [0.2, 0.25) is 5.91 Å². The Balaban J connectivity index is 1.84. The van der Waals surface area contributed by atoms with Crippen molar-refractivity contribution in [2.45, 2.75) is 32.7 Å². The van der Waals surface area contributed by atoms with Crippen LogP contribution in [-0.2, 0) is 4.79 Å². The number of carbonyl (C=O) groups is 2. The van der Waals surface area contributed by atoms with Gasteiger partial charge in [0.05, 0.1) is 27.5 Å². The lowest BCUT2D eigenvalue weighted by Gasteiger charge is -2.40. The minimum atomic E-state index is -1.31. The van der Waals surface area contributed by atoms with Crippen LogP contribution in [0.25, 0.3) is 28.0 Å². The molecule has 2 aromatic heterocycles. The van der Waals surface area contributed by atoms with E-state index in [1.54, 1.807) is 41.3 Å². The first kappa shape index (κ1) is 29.7. The number of rotatable bonds is 6. The van der Waals surface area contributed by atoms with E-state index in [9.17, 15) is 23.9 Å². The number of benzene rings is 2. The molecule has 43 heavy (non-hydrogen) atoms. The van der Waals surface area contributed by atoms with Crippen molar-refractivity contribution in [1.82, 2.24) is 19.4 Å². The molecule has 10 nitrogen and oxygen atoms in total. The van der Waals surface area contributed by atoms with Crippen molar-refractivity contribution in [1.29, 1.82) is 0 Å². The van der Waals surface area contributed by atoms with Gasteiger partial charge in [0, 0.05) is 31.2 Å². The van der Waals surface area contributed by atoms with E-state index in [1.807, 2.05) is 25.7 Å². The predicted octanol–water partition coefficient (Wildman–Crippen LogP) is 5.68. The summed E-state index contributed by atoms with van der Waals surface area (Å²) in [6.07, 6.45) is -0.0482. The molecule has 5 rings (SSSR count). The summed E-state index contributed by atoms with van der Waals surface area (Å²) >= 11 is 6.74. The minimum Gasteiger partial charge on any atom is -0.465 e. The Bertz CT molecular complexity index is 1820. The molecular weight excluding hydrogens is 575 g/mol. The number of aromatic nitrogens is 3. The summed E-state index contributed by atoms with van der Waals surface area (Å²) in [4.78, 5) is 50.9. The molecule has 2 aromatic carbocycles. The number of hydrogen-bond donors (Lipinski definition) is 2. The largest absolute Gasteiger partial charge is 0.465 e. The van der Waals surface area contributed by atoms with Crippen LogP contribution in [0, 0.1) is 5.82 Å². The molecule has 12 heteroatoms. The number of amides is 2. The molecule has 4 aromatic rings. The zero-order valence-corrected chi connectivity index (χ0v) is 24.6. The number of carboxylic acid groups (broad SMARTS) is 1. The maximum Gasteiger partial charge on any atom is 0.409 e. The first-order valence-corrected chi connectivity index (χ1v) is 14.1. The van der Waals surface area contributed by atoms with E-state index in [1.165, 1.54) is 22.8 Å². The number of halogens is 2. The zero-order chi connectivity index (χ0) is 31.0. The van der Waals surface area contributed by atoms with E-state index in [0.717, 1.165) is 0 Å². The highest BCUT2D eigenvalue weighted by Crippen LogP contribution is 2.37. The molecule has 0 unspecified atom stereocenters. The maximum atomic E-state index is 15.0. The molecule has 0 bridgehead atoms. The second kappa shape index (κ2) is 11.8. The molecule has 1 atom stereocenters. The van der Waals surface area contributed by atoms with Gasteiger partial charge in [-0.15, -0.1) is 0 Å². The van der Waals surface area contributed by atoms with Crippen molar-refractivity contribution in [3.63, 3.8) is 0 Å². The van der Waals surface area contributed by atoms with Crippen LogP contribution in [0.15, 0.2) is 66.0 Å². The molecular formula is C31H30ClFN6O4. The number of hydrogen-bond acceptors (Lipinski definition) is 6. The van der Waals surface area contributed by atoms with E-state index in [2.05, 4.69) is 16.9 Å². The molecule has 1 saturated heterocycles. The van der Waals surface area contributed by atoms with Crippen molar-refractivity contribution in [2.75, 3.05) is 29.9 Å². The Morgan fingerprint density at radius 1 is 1.16 bits per heavy atom. The van der Waals surface area contributed by atoms with Gasteiger partial charge < -0.3 is 14.9 Å². The van der Waals surface area contributed by atoms with Crippen molar-refractivity contribution < 1.29 is 19.1 Å². The zero-order valence-electron chi connectivity index (χ0n) is 23.8. The van der Waals surface area contributed by atoms with Gasteiger partial charge in [-0.3, -0.25) is 10.1 Å². The summed E-state index contributed by atoms with van der Waals surface area (Å²) in [5.41, 5.74) is 0.743. The first-order chi connectivity index (χ1) is 20.5. The summed E-state index contributed by atoms with van der Waals surface area (Å²) < 4.78 is 16.2. The molecule has 0 saturated carbocycles. The lowest BCUT2D eigenvalue weighted by atomic mass is 9.99. The van der Waals surface area contributed by atoms with E-state index < -0.39 is 17.6 Å². The fourth-order valence-corrected chi connectivity index (χ4v) is 5.72. The summed E-state index contributed by atoms with van der Waals surface area (Å²) in [6.45, 7) is 10.4. The number of fused-ring (bicyclic) bond motifs is 1. The van der Waals surface area contributed by atoms with Crippen molar-refractivity contribution in [3.8, 4) is 16.9 Å². The number of nitrogens with one attached hydrogen (secondary N) is 1. The highest BCUT2D eigenvalue weighted by atomic mass is 35.5. The number of para-hydroxylation sites is 1. The normalized spacial score (nSPS) is 15.2. The fourth-order valence-electron chi connectivity index (χ4n) is 5.46. The number of carbonyl (C=O) groups excluding carboxylic acids is 1. The molecule has 1 aliphatic heterocycles. The average Bonchev–Trinajstić information content (AvgIpc) is 2.96. The van der Waals surface area contributed by atoms with Crippen molar-refractivity contribution in [3.05, 3.63) is 88.1 Å². The van der Waals surface area contributed by atoms with Gasteiger partial charge in [-0.2, -0.15) is 4.98 Å². The van der Waals surface area contributed by atoms with Gasteiger partial charge >= 0.3 is 11.8 Å². The highest BCUT2D eigenvalue weighted by Gasteiger charge is 2.30. The molecule has 0 aliphatic carbocycles. The Hall–Kier alpha value is -4.77. The van der Waals surface area contributed by atoms with E-state index >= 15 is 0 Å². The summed E-state index contributed by atoms with van der Waals surface area (Å²) in [5, 5.41) is 12.5. The molecule has 2 amide bonds. The number of nitrogens with zero attached hydrogens (tertiary/aromatic N) is 5. The average molecular weight is 605 g/mol. The molecule has 1 aliphatic rings. The summed E-state index contributed by atoms with van der Waals surface area (Å²) in [7, 11) is 0. The third-order valence-electron chi connectivity index (χ3n) is 7.47. The van der Waals surface area contributed by atoms with Crippen LogP contribution in [0.1, 0.15) is 32.3 Å². The van der Waals surface area contributed by atoms with Crippen LogP contribution in [0.5, 0.6) is 0 Å². The van der Waals surface area contributed by atoms with Gasteiger partial charge in [-0.25, -0.2) is 23.5 Å². The van der Waals surface area contributed by atoms with Gasteiger partial charge in [0.15, 0.2) is 5.65 Å². The Labute approximate surface area is 252 Å². The Morgan fingerprint density at radius 2 is 1.91 bits per heavy atom. The Kier molecular flexibility index (Phi) is 8.19. The van der Waals surface area contributed by atoms with Gasteiger partial charge in [-0.05, 0) is 48.7 Å².